The van der Waals surface area contributed by atoms with Gasteiger partial charge in [-0.3, -0.25) is 4.79 Å². The lowest BCUT2D eigenvalue weighted by atomic mass is 10.2. The third-order valence-electron chi connectivity index (χ3n) is 2.29. The van der Waals surface area contributed by atoms with Crippen LogP contribution in [0.25, 0.3) is 0 Å². The SMILES string of the molecule is Cc1cc(CNC(=O)c2cc(S)ccc2F)on1. The molecule has 2 aromatic rings. The molecule has 1 N–H and O–H groups in total. The van der Waals surface area contributed by atoms with Crippen LogP contribution in [0.3, 0.4) is 0 Å². The maximum atomic E-state index is 13.4. The van der Waals surface area contributed by atoms with E-state index in [1.807, 2.05) is 0 Å². The number of aromatic nitrogens is 1. The lowest BCUT2D eigenvalue weighted by Crippen LogP contribution is -2.23. The number of carbonyl (C=O) groups is 1. The Morgan fingerprint density at radius 3 is 2.94 bits per heavy atom. The van der Waals surface area contributed by atoms with Gasteiger partial charge in [0, 0.05) is 11.0 Å². The van der Waals surface area contributed by atoms with E-state index in [1.54, 1.807) is 13.0 Å². The van der Waals surface area contributed by atoms with Crippen molar-refractivity contribution in [3.63, 3.8) is 0 Å². The maximum Gasteiger partial charge on any atom is 0.254 e. The van der Waals surface area contributed by atoms with Crippen molar-refractivity contribution in [2.24, 2.45) is 0 Å². The van der Waals surface area contributed by atoms with Crippen LogP contribution in [-0.4, -0.2) is 11.1 Å². The Morgan fingerprint density at radius 1 is 1.50 bits per heavy atom. The van der Waals surface area contributed by atoms with Crippen molar-refractivity contribution in [2.45, 2.75) is 18.4 Å². The summed E-state index contributed by atoms with van der Waals surface area (Å²) in [5, 5.41) is 6.24. The summed E-state index contributed by atoms with van der Waals surface area (Å²) >= 11 is 4.06. The number of carbonyl (C=O) groups excluding carboxylic acids is 1. The van der Waals surface area contributed by atoms with E-state index in [2.05, 4.69) is 23.1 Å². The molecule has 0 aliphatic heterocycles. The van der Waals surface area contributed by atoms with Crippen molar-refractivity contribution >= 4 is 18.5 Å². The number of hydrogen-bond donors (Lipinski definition) is 2. The molecular weight excluding hydrogens is 255 g/mol. The first-order valence-electron chi connectivity index (χ1n) is 5.25. The van der Waals surface area contributed by atoms with Crippen molar-refractivity contribution < 1.29 is 13.7 Å². The van der Waals surface area contributed by atoms with Crippen LogP contribution in [0.15, 0.2) is 33.7 Å². The van der Waals surface area contributed by atoms with Crippen LogP contribution in [0.4, 0.5) is 4.39 Å². The second-order valence-corrected chi connectivity index (χ2v) is 4.30. The Kier molecular flexibility index (Phi) is 3.66. The van der Waals surface area contributed by atoms with Gasteiger partial charge in [-0.15, -0.1) is 12.6 Å². The van der Waals surface area contributed by atoms with E-state index in [0.717, 1.165) is 5.69 Å². The predicted molar refractivity (Wildman–Crippen MR) is 66.1 cm³/mol. The van der Waals surface area contributed by atoms with E-state index in [4.69, 9.17) is 4.52 Å². The Labute approximate surface area is 109 Å². The quantitative estimate of drug-likeness (QED) is 0.838. The molecule has 1 aromatic heterocycles. The first kappa shape index (κ1) is 12.6. The van der Waals surface area contributed by atoms with Gasteiger partial charge < -0.3 is 9.84 Å². The summed E-state index contributed by atoms with van der Waals surface area (Å²) in [6, 6.07) is 5.76. The van der Waals surface area contributed by atoms with Crippen LogP contribution in [0.5, 0.6) is 0 Å². The van der Waals surface area contributed by atoms with Crippen LogP contribution >= 0.6 is 12.6 Å². The molecule has 1 heterocycles. The second kappa shape index (κ2) is 5.22. The third-order valence-corrected chi connectivity index (χ3v) is 2.57. The highest BCUT2D eigenvalue weighted by atomic mass is 32.1. The minimum absolute atomic E-state index is 0.0428. The normalized spacial score (nSPS) is 10.4. The summed E-state index contributed by atoms with van der Waals surface area (Å²) in [5.74, 6) is -0.584. The van der Waals surface area contributed by atoms with E-state index in [9.17, 15) is 9.18 Å². The van der Waals surface area contributed by atoms with Crippen molar-refractivity contribution in [3.05, 3.63) is 47.1 Å². The molecule has 0 aliphatic carbocycles. The fourth-order valence-corrected chi connectivity index (χ4v) is 1.65. The molecule has 6 heteroatoms. The average Bonchev–Trinajstić information content (AvgIpc) is 2.75. The topological polar surface area (TPSA) is 55.1 Å². The Morgan fingerprint density at radius 2 is 2.28 bits per heavy atom. The predicted octanol–water partition coefficient (Wildman–Crippen LogP) is 2.34. The molecule has 2 rings (SSSR count). The van der Waals surface area contributed by atoms with Gasteiger partial charge >= 0.3 is 0 Å². The van der Waals surface area contributed by atoms with E-state index >= 15 is 0 Å². The van der Waals surface area contributed by atoms with Crippen LogP contribution in [0.2, 0.25) is 0 Å². The van der Waals surface area contributed by atoms with Gasteiger partial charge in [-0.2, -0.15) is 0 Å². The maximum absolute atomic E-state index is 13.4. The van der Waals surface area contributed by atoms with Crippen molar-refractivity contribution in [2.75, 3.05) is 0 Å². The largest absolute Gasteiger partial charge is 0.359 e. The molecule has 94 valence electrons. The van der Waals surface area contributed by atoms with Crippen LogP contribution in [-0.2, 0) is 6.54 Å². The zero-order valence-corrected chi connectivity index (χ0v) is 10.5. The number of benzene rings is 1. The monoisotopic (exact) mass is 266 g/mol. The first-order valence-corrected chi connectivity index (χ1v) is 5.70. The summed E-state index contributed by atoms with van der Waals surface area (Å²) in [6.45, 7) is 1.94. The lowest BCUT2D eigenvalue weighted by Gasteiger charge is -2.04. The molecule has 0 aliphatic rings. The number of thiol groups is 1. The molecule has 4 nitrogen and oxygen atoms in total. The number of hydrogen-bond acceptors (Lipinski definition) is 4. The van der Waals surface area contributed by atoms with E-state index < -0.39 is 11.7 Å². The minimum Gasteiger partial charge on any atom is -0.359 e. The van der Waals surface area contributed by atoms with Crippen LogP contribution in [0.1, 0.15) is 21.8 Å². The van der Waals surface area contributed by atoms with Crippen molar-refractivity contribution in [1.82, 2.24) is 10.5 Å². The van der Waals surface area contributed by atoms with Gasteiger partial charge in [0.15, 0.2) is 5.76 Å². The average molecular weight is 266 g/mol. The first-order chi connectivity index (χ1) is 8.56. The zero-order valence-electron chi connectivity index (χ0n) is 9.61. The van der Waals surface area contributed by atoms with Crippen molar-refractivity contribution in [3.8, 4) is 0 Å². The summed E-state index contributed by atoms with van der Waals surface area (Å²) < 4.78 is 18.4. The fraction of sp³-hybridized carbons (Fsp3) is 0.167. The molecule has 0 fully saturated rings. The Bertz CT molecular complexity index is 583. The lowest BCUT2D eigenvalue weighted by molar-refractivity contribution is 0.0943. The number of amides is 1. The highest BCUT2D eigenvalue weighted by molar-refractivity contribution is 7.80. The van der Waals surface area contributed by atoms with Gasteiger partial charge in [0.1, 0.15) is 5.82 Å². The smallest absolute Gasteiger partial charge is 0.254 e. The van der Waals surface area contributed by atoms with E-state index in [-0.39, 0.29) is 12.1 Å². The van der Waals surface area contributed by atoms with Gasteiger partial charge in [0.25, 0.3) is 5.91 Å². The molecule has 0 saturated heterocycles. The Balaban J connectivity index is 2.05. The summed E-state index contributed by atoms with van der Waals surface area (Å²) in [6.07, 6.45) is 0. The molecular formula is C12H11FN2O2S. The molecule has 0 atom stereocenters. The summed E-state index contributed by atoms with van der Waals surface area (Å²) in [4.78, 5) is 12.3. The number of nitrogens with zero attached hydrogens (tertiary/aromatic N) is 1. The molecule has 1 amide bonds. The number of rotatable bonds is 3. The van der Waals surface area contributed by atoms with Gasteiger partial charge in [0.2, 0.25) is 0 Å². The molecule has 0 unspecified atom stereocenters. The third kappa shape index (κ3) is 2.89. The van der Waals surface area contributed by atoms with Crippen LogP contribution < -0.4 is 5.32 Å². The van der Waals surface area contributed by atoms with E-state index in [1.165, 1.54) is 18.2 Å². The minimum atomic E-state index is -0.584. The Hall–Kier alpha value is -1.82. The zero-order chi connectivity index (χ0) is 13.1. The standard InChI is InChI=1S/C12H11FN2O2S/c1-7-4-8(17-15-7)6-14-12(16)10-5-9(18)2-3-11(10)13/h2-5,18H,6H2,1H3,(H,14,16). The fourth-order valence-electron chi connectivity index (χ4n) is 1.45. The van der Waals surface area contributed by atoms with Gasteiger partial charge in [-0.05, 0) is 25.1 Å². The number of nitrogens with one attached hydrogen (secondary N) is 1. The number of aryl methyl sites for hydroxylation is 1. The molecule has 18 heavy (non-hydrogen) atoms. The highest BCUT2D eigenvalue weighted by Crippen LogP contribution is 2.13. The van der Waals surface area contributed by atoms with Crippen LogP contribution in [0, 0.1) is 12.7 Å². The van der Waals surface area contributed by atoms with E-state index in [0.29, 0.717) is 10.7 Å². The van der Waals surface area contributed by atoms with Gasteiger partial charge in [0.05, 0.1) is 17.8 Å². The molecule has 0 bridgehead atoms. The molecule has 0 spiro atoms. The highest BCUT2D eigenvalue weighted by Gasteiger charge is 2.12. The summed E-state index contributed by atoms with van der Waals surface area (Å²) in [5.41, 5.74) is 0.682. The molecule has 0 saturated carbocycles. The van der Waals surface area contributed by atoms with Gasteiger partial charge in [-0.1, -0.05) is 5.16 Å². The van der Waals surface area contributed by atoms with Crippen molar-refractivity contribution in [1.29, 1.82) is 0 Å². The molecule has 1 aromatic carbocycles. The molecule has 0 radical (unpaired) electrons. The summed E-state index contributed by atoms with van der Waals surface area (Å²) in [7, 11) is 0. The number of halogens is 1. The second-order valence-electron chi connectivity index (χ2n) is 3.78. The van der Waals surface area contributed by atoms with Gasteiger partial charge in [-0.25, -0.2) is 4.39 Å².